The average Bonchev–Trinajstić information content (AvgIpc) is 3.30. The molecule has 0 radical (unpaired) electrons. The van der Waals surface area contributed by atoms with Crippen LogP contribution in [-0.2, 0) is 0 Å². The summed E-state index contributed by atoms with van der Waals surface area (Å²) in [6.45, 7) is 8.00. The van der Waals surface area contributed by atoms with Gasteiger partial charge in [-0.3, -0.25) is 14.5 Å². The zero-order chi connectivity index (χ0) is 21.3. The molecule has 2 aromatic rings. The second-order valence-electron chi connectivity index (χ2n) is 7.73. The Labute approximate surface area is 172 Å². The quantitative estimate of drug-likeness (QED) is 0.706. The number of methoxy groups -OCH3 is 2. The highest BCUT2D eigenvalue weighted by molar-refractivity contribution is 6.05. The first kappa shape index (κ1) is 21.1. The van der Waals surface area contributed by atoms with Crippen molar-refractivity contribution in [2.24, 2.45) is 0 Å². The molecule has 2 atom stereocenters. The highest BCUT2D eigenvalue weighted by atomic mass is 16.5. The van der Waals surface area contributed by atoms with Crippen molar-refractivity contribution in [1.82, 2.24) is 9.88 Å². The molecule has 0 amide bonds. The van der Waals surface area contributed by atoms with Crippen LogP contribution in [0.25, 0.3) is 0 Å². The van der Waals surface area contributed by atoms with Crippen molar-refractivity contribution in [2.75, 3.05) is 20.8 Å². The molecule has 6 nitrogen and oxygen atoms in total. The van der Waals surface area contributed by atoms with Crippen LogP contribution in [0.5, 0.6) is 11.5 Å². The number of hydrogen-bond donors (Lipinski definition) is 1. The van der Waals surface area contributed by atoms with E-state index in [0.29, 0.717) is 11.3 Å². The van der Waals surface area contributed by atoms with Crippen molar-refractivity contribution in [3.05, 3.63) is 46.3 Å². The number of rotatable bonds is 7. The first-order valence-corrected chi connectivity index (χ1v) is 10.0. The third-order valence-electron chi connectivity index (χ3n) is 6.01. The van der Waals surface area contributed by atoms with Gasteiger partial charge in [-0.05, 0) is 58.7 Å². The lowest BCUT2D eigenvalue weighted by molar-refractivity contribution is 0.0812. The van der Waals surface area contributed by atoms with Crippen LogP contribution in [0, 0.1) is 13.8 Å². The Morgan fingerprint density at radius 3 is 2.52 bits per heavy atom. The minimum atomic E-state index is -0.314. The third kappa shape index (κ3) is 3.81. The van der Waals surface area contributed by atoms with E-state index in [1.807, 2.05) is 39.0 Å². The van der Waals surface area contributed by atoms with Crippen LogP contribution >= 0.6 is 0 Å². The lowest BCUT2D eigenvalue weighted by Crippen LogP contribution is -2.39. The molecule has 0 unspecified atom stereocenters. The number of carbonyl (C=O) groups is 2. The molecule has 156 valence electrons. The van der Waals surface area contributed by atoms with Crippen molar-refractivity contribution in [1.29, 1.82) is 0 Å². The molecule has 0 saturated carbocycles. The normalized spacial score (nSPS) is 17.9. The van der Waals surface area contributed by atoms with E-state index in [1.54, 1.807) is 14.2 Å². The number of ketones is 2. The van der Waals surface area contributed by atoms with Gasteiger partial charge in [0.15, 0.2) is 11.6 Å². The van der Waals surface area contributed by atoms with Gasteiger partial charge in [0.05, 0.1) is 26.0 Å². The van der Waals surface area contributed by atoms with Crippen molar-refractivity contribution in [2.45, 2.75) is 52.6 Å². The van der Waals surface area contributed by atoms with Crippen molar-refractivity contribution < 1.29 is 19.1 Å². The Hall–Kier alpha value is -2.60. The minimum absolute atomic E-state index is 0.0116. The maximum Gasteiger partial charge on any atom is 0.196 e. The summed E-state index contributed by atoms with van der Waals surface area (Å²) in [6, 6.07) is 5.62. The van der Waals surface area contributed by atoms with Gasteiger partial charge in [-0.25, -0.2) is 0 Å². The molecule has 1 aromatic carbocycles. The van der Waals surface area contributed by atoms with Crippen LogP contribution in [-0.4, -0.2) is 48.3 Å². The number of carbonyl (C=O) groups excluding carboxylic acids is 2. The SMILES string of the molecule is COc1ccc([C@H]2CCCN2[C@@H](C)C(=O)c2[nH]c(C)c(C(C)=O)c2C)c(OC)c1. The first-order chi connectivity index (χ1) is 13.8. The number of hydrogen-bond acceptors (Lipinski definition) is 5. The maximum absolute atomic E-state index is 13.3. The average molecular weight is 399 g/mol. The number of likely N-dealkylation sites (tertiary alicyclic amines) is 1. The van der Waals surface area contributed by atoms with Gasteiger partial charge in [-0.1, -0.05) is 6.07 Å². The topological polar surface area (TPSA) is 71.6 Å². The van der Waals surface area contributed by atoms with Crippen LogP contribution in [0.1, 0.15) is 70.4 Å². The van der Waals surface area contributed by atoms with Gasteiger partial charge in [-0.2, -0.15) is 0 Å². The summed E-state index contributed by atoms with van der Waals surface area (Å²) in [7, 11) is 3.29. The van der Waals surface area contributed by atoms with Crippen LogP contribution in [0.15, 0.2) is 18.2 Å². The molecule has 2 heterocycles. The zero-order valence-corrected chi connectivity index (χ0v) is 18.1. The Morgan fingerprint density at radius 2 is 1.93 bits per heavy atom. The summed E-state index contributed by atoms with van der Waals surface area (Å²) in [6.07, 6.45) is 1.97. The number of benzene rings is 1. The largest absolute Gasteiger partial charge is 0.497 e. The molecule has 0 bridgehead atoms. The van der Waals surface area contributed by atoms with Crippen LogP contribution < -0.4 is 9.47 Å². The number of ether oxygens (including phenoxy) is 2. The molecule has 1 aliphatic heterocycles. The van der Waals surface area contributed by atoms with E-state index in [2.05, 4.69) is 9.88 Å². The van der Waals surface area contributed by atoms with Crippen LogP contribution in [0.3, 0.4) is 0 Å². The maximum atomic E-state index is 13.3. The van der Waals surface area contributed by atoms with Gasteiger partial charge in [0, 0.05) is 28.9 Å². The molecule has 1 saturated heterocycles. The molecular formula is C23H30N2O4. The number of aromatic amines is 1. The molecule has 6 heteroatoms. The second kappa shape index (κ2) is 8.41. The van der Waals surface area contributed by atoms with Crippen LogP contribution in [0.2, 0.25) is 0 Å². The summed E-state index contributed by atoms with van der Waals surface area (Å²) in [5.41, 5.74) is 3.71. The molecule has 1 N–H and O–H groups in total. The third-order valence-corrected chi connectivity index (χ3v) is 6.01. The summed E-state index contributed by atoms with van der Waals surface area (Å²) < 4.78 is 10.9. The van der Waals surface area contributed by atoms with E-state index < -0.39 is 0 Å². The molecule has 0 spiro atoms. The summed E-state index contributed by atoms with van der Waals surface area (Å²) in [5, 5.41) is 0. The van der Waals surface area contributed by atoms with E-state index in [4.69, 9.17) is 9.47 Å². The summed E-state index contributed by atoms with van der Waals surface area (Å²) >= 11 is 0. The Morgan fingerprint density at radius 1 is 1.21 bits per heavy atom. The highest BCUT2D eigenvalue weighted by Gasteiger charge is 2.36. The zero-order valence-electron chi connectivity index (χ0n) is 18.1. The summed E-state index contributed by atoms with van der Waals surface area (Å²) in [5.74, 6) is 1.50. The highest BCUT2D eigenvalue weighted by Crippen LogP contribution is 2.40. The van der Waals surface area contributed by atoms with E-state index in [9.17, 15) is 9.59 Å². The minimum Gasteiger partial charge on any atom is -0.497 e. The van der Waals surface area contributed by atoms with E-state index in [0.717, 1.165) is 47.7 Å². The molecule has 3 rings (SSSR count). The molecule has 1 aromatic heterocycles. The number of nitrogens with zero attached hydrogens (tertiary/aromatic N) is 1. The monoisotopic (exact) mass is 398 g/mol. The number of aromatic nitrogens is 1. The summed E-state index contributed by atoms with van der Waals surface area (Å²) in [4.78, 5) is 30.7. The Kier molecular flexibility index (Phi) is 6.13. The predicted octanol–water partition coefficient (Wildman–Crippen LogP) is 4.26. The molecular weight excluding hydrogens is 368 g/mol. The van der Waals surface area contributed by atoms with Gasteiger partial charge in [0.25, 0.3) is 0 Å². The van der Waals surface area contributed by atoms with Gasteiger partial charge < -0.3 is 14.5 Å². The molecule has 29 heavy (non-hydrogen) atoms. The van der Waals surface area contributed by atoms with E-state index >= 15 is 0 Å². The number of nitrogens with one attached hydrogen (secondary N) is 1. The van der Waals surface area contributed by atoms with Crippen molar-refractivity contribution >= 4 is 11.6 Å². The standard InChI is InChI=1S/C23H30N2O4/c1-13-21(16(4)26)14(2)24-22(13)23(27)15(3)25-11-7-8-19(25)18-10-9-17(28-5)12-20(18)29-6/h9-10,12,15,19,24H,7-8,11H2,1-6H3/t15-,19+/m0/s1. The smallest absolute Gasteiger partial charge is 0.196 e. The van der Waals surface area contributed by atoms with E-state index in [1.165, 1.54) is 6.92 Å². The predicted molar refractivity (Wildman–Crippen MR) is 112 cm³/mol. The van der Waals surface area contributed by atoms with Gasteiger partial charge in [-0.15, -0.1) is 0 Å². The second-order valence-corrected chi connectivity index (χ2v) is 7.73. The Bertz CT molecular complexity index is 931. The lowest BCUT2D eigenvalue weighted by Gasteiger charge is -2.31. The number of Topliss-reactive ketones (excluding diaryl/α,β-unsaturated/α-hetero) is 2. The van der Waals surface area contributed by atoms with E-state index in [-0.39, 0.29) is 23.7 Å². The van der Waals surface area contributed by atoms with Crippen molar-refractivity contribution in [3.8, 4) is 11.5 Å². The fourth-order valence-electron chi connectivity index (χ4n) is 4.56. The number of aryl methyl sites for hydroxylation is 1. The van der Waals surface area contributed by atoms with Crippen molar-refractivity contribution in [3.63, 3.8) is 0 Å². The van der Waals surface area contributed by atoms with Gasteiger partial charge in [0.2, 0.25) is 0 Å². The molecule has 1 aliphatic rings. The fourth-order valence-corrected chi connectivity index (χ4v) is 4.56. The van der Waals surface area contributed by atoms with Gasteiger partial charge >= 0.3 is 0 Å². The molecule has 1 fully saturated rings. The van der Waals surface area contributed by atoms with Gasteiger partial charge in [0.1, 0.15) is 11.5 Å². The molecule has 0 aliphatic carbocycles. The number of H-pyrrole nitrogens is 1. The first-order valence-electron chi connectivity index (χ1n) is 10.0. The fraction of sp³-hybridized carbons (Fsp3) is 0.478. The van der Waals surface area contributed by atoms with Crippen LogP contribution in [0.4, 0.5) is 0 Å². The lowest BCUT2D eigenvalue weighted by atomic mass is 9.99. The Balaban J connectivity index is 1.91.